The van der Waals surface area contributed by atoms with Crippen LogP contribution in [0.3, 0.4) is 0 Å². The Labute approximate surface area is 119 Å². The number of hydrogen-bond donors (Lipinski definition) is 2. The maximum absolute atomic E-state index is 13.9. The smallest absolute Gasteiger partial charge is 0.143 e. The van der Waals surface area contributed by atoms with Gasteiger partial charge >= 0.3 is 0 Å². The highest BCUT2D eigenvalue weighted by atomic mass is 79.9. The molecule has 1 heterocycles. The Kier molecular flexibility index (Phi) is 4.89. The summed E-state index contributed by atoms with van der Waals surface area (Å²) in [4.78, 5) is 0. The Morgan fingerprint density at radius 3 is 2.84 bits per heavy atom. The first-order valence-corrected chi connectivity index (χ1v) is 7.02. The number of nitrogens with two attached hydrogens (primary N) is 1. The molecule has 106 valence electrons. The lowest BCUT2D eigenvalue weighted by atomic mass is 9.91. The average Bonchev–Trinajstić information content (AvgIpc) is 2.81. The standard InChI is InChI=1S/C13H17BrF2N2O/c1-7-4-8(6-19-7)12(18-17)5-9-11(15)3-2-10(14)13(9)16/h2-3,7-8,12,18H,4-6,17H2,1H3. The van der Waals surface area contributed by atoms with E-state index < -0.39 is 11.6 Å². The molecule has 0 aromatic heterocycles. The second-order valence-corrected chi connectivity index (χ2v) is 5.79. The molecule has 0 spiro atoms. The van der Waals surface area contributed by atoms with Gasteiger partial charge in [-0.25, -0.2) is 8.78 Å². The number of nitrogens with one attached hydrogen (secondary N) is 1. The van der Waals surface area contributed by atoms with E-state index in [0.29, 0.717) is 6.61 Å². The number of hydrogen-bond acceptors (Lipinski definition) is 3. The van der Waals surface area contributed by atoms with Gasteiger partial charge in [-0.15, -0.1) is 0 Å². The molecule has 1 fully saturated rings. The summed E-state index contributed by atoms with van der Waals surface area (Å²) in [5.74, 6) is 4.58. The highest BCUT2D eigenvalue weighted by Gasteiger charge is 2.30. The lowest BCUT2D eigenvalue weighted by Gasteiger charge is -2.22. The maximum Gasteiger partial charge on any atom is 0.143 e. The molecular weight excluding hydrogens is 318 g/mol. The van der Waals surface area contributed by atoms with Crippen molar-refractivity contribution in [1.82, 2.24) is 5.43 Å². The Morgan fingerprint density at radius 1 is 1.53 bits per heavy atom. The van der Waals surface area contributed by atoms with Crippen LogP contribution in [0.2, 0.25) is 0 Å². The molecule has 1 saturated heterocycles. The summed E-state index contributed by atoms with van der Waals surface area (Å²) in [5.41, 5.74) is 2.71. The van der Waals surface area contributed by atoms with Gasteiger partial charge in [-0.05, 0) is 47.8 Å². The van der Waals surface area contributed by atoms with Gasteiger partial charge in [0.05, 0.1) is 17.2 Å². The molecule has 1 aromatic rings. The third-order valence-electron chi connectivity index (χ3n) is 3.58. The van der Waals surface area contributed by atoms with Crippen LogP contribution in [0.4, 0.5) is 8.78 Å². The van der Waals surface area contributed by atoms with Gasteiger partial charge in [-0.2, -0.15) is 0 Å². The van der Waals surface area contributed by atoms with E-state index >= 15 is 0 Å². The van der Waals surface area contributed by atoms with E-state index in [-0.39, 0.29) is 34.5 Å². The monoisotopic (exact) mass is 334 g/mol. The molecule has 2 rings (SSSR count). The third-order valence-corrected chi connectivity index (χ3v) is 4.19. The fourth-order valence-corrected chi connectivity index (χ4v) is 2.84. The zero-order valence-corrected chi connectivity index (χ0v) is 12.2. The second-order valence-electron chi connectivity index (χ2n) is 4.94. The quantitative estimate of drug-likeness (QED) is 0.505. The molecule has 1 aromatic carbocycles. The van der Waals surface area contributed by atoms with Gasteiger partial charge in [0.1, 0.15) is 11.6 Å². The minimum Gasteiger partial charge on any atom is -0.378 e. The van der Waals surface area contributed by atoms with Crippen molar-refractivity contribution in [2.75, 3.05) is 6.61 Å². The van der Waals surface area contributed by atoms with Crippen LogP contribution >= 0.6 is 15.9 Å². The summed E-state index contributed by atoms with van der Waals surface area (Å²) in [6, 6.07) is 2.41. The highest BCUT2D eigenvalue weighted by Crippen LogP contribution is 2.27. The van der Waals surface area contributed by atoms with Crippen LogP contribution in [0, 0.1) is 17.6 Å². The highest BCUT2D eigenvalue weighted by molar-refractivity contribution is 9.10. The van der Waals surface area contributed by atoms with E-state index in [2.05, 4.69) is 21.4 Å². The van der Waals surface area contributed by atoms with E-state index in [1.54, 1.807) is 0 Å². The maximum atomic E-state index is 13.9. The number of ether oxygens (including phenoxy) is 1. The van der Waals surface area contributed by atoms with Crippen LogP contribution in [0.15, 0.2) is 16.6 Å². The van der Waals surface area contributed by atoms with Crippen molar-refractivity contribution in [1.29, 1.82) is 0 Å². The van der Waals surface area contributed by atoms with Crippen molar-refractivity contribution in [3.8, 4) is 0 Å². The number of halogens is 3. The predicted octanol–water partition coefficient (Wildman–Crippen LogP) is 2.53. The van der Waals surface area contributed by atoms with Gasteiger partial charge < -0.3 is 4.74 Å². The molecular formula is C13H17BrF2N2O. The van der Waals surface area contributed by atoms with Gasteiger partial charge in [0.15, 0.2) is 0 Å². The number of rotatable bonds is 4. The molecule has 6 heteroatoms. The van der Waals surface area contributed by atoms with Crippen molar-refractivity contribution >= 4 is 15.9 Å². The van der Waals surface area contributed by atoms with Crippen molar-refractivity contribution in [2.45, 2.75) is 31.9 Å². The zero-order chi connectivity index (χ0) is 14.0. The Bertz CT molecular complexity index is 459. The molecule has 3 nitrogen and oxygen atoms in total. The molecule has 0 bridgehead atoms. The zero-order valence-electron chi connectivity index (χ0n) is 10.6. The van der Waals surface area contributed by atoms with Crippen LogP contribution < -0.4 is 11.3 Å². The first-order valence-electron chi connectivity index (χ1n) is 6.23. The van der Waals surface area contributed by atoms with E-state index in [1.165, 1.54) is 12.1 Å². The van der Waals surface area contributed by atoms with E-state index in [4.69, 9.17) is 10.6 Å². The molecule has 3 atom stereocenters. The van der Waals surface area contributed by atoms with Gasteiger partial charge in [0, 0.05) is 17.5 Å². The lowest BCUT2D eigenvalue weighted by molar-refractivity contribution is 0.116. The van der Waals surface area contributed by atoms with Crippen molar-refractivity contribution in [3.05, 3.63) is 33.8 Å². The summed E-state index contributed by atoms with van der Waals surface area (Å²) in [5, 5.41) is 0. The van der Waals surface area contributed by atoms with E-state index in [9.17, 15) is 8.78 Å². The van der Waals surface area contributed by atoms with Crippen molar-refractivity contribution in [3.63, 3.8) is 0 Å². The van der Waals surface area contributed by atoms with Gasteiger partial charge in [0.2, 0.25) is 0 Å². The molecule has 1 aliphatic rings. The molecule has 0 aliphatic carbocycles. The Hall–Kier alpha value is -0.560. The summed E-state index contributed by atoms with van der Waals surface area (Å²) >= 11 is 3.07. The van der Waals surface area contributed by atoms with Crippen LogP contribution in [-0.2, 0) is 11.2 Å². The summed E-state index contributed by atoms with van der Waals surface area (Å²) < 4.78 is 33.4. The molecule has 3 N–H and O–H groups in total. The van der Waals surface area contributed by atoms with Crippen molar-refractivity contribution in [2.24, 2.45) is 11.8 Å². The molecule has 3 unspecified atom stereocenters. The first kappa shape index (κ1) is 14.8. The Morgan fingerprint density at radius 2 is 2.26 bits per heavy atom. The van der Waals surface area contributed by atoms with E-state index in [0.717, 1.165) is 6.42 Å². The third kappa shape index (κ3) is 3.31. The van der Waals surface area contributed by atoms with Crippen molar-refractivity contribution < 1.29 is 13.5 Å². The minimum absolute atomic E-state index is 0.0527. The molecule has 0 amide bonds. The van der Waals surface area contributed by atoms with Gasteiger partial charge in [-0.1, -0.05) is 0 Å². The fourth-order valence-electron chi connectivity index (χ4n) is 2.47. The number of benzene rings is 1. The summed E-state index contributed by atoms with van der Waals surface area (Å²) in [6.07, 6.45) is 1.21. The largest absolute Gasteiger partial charge is 0.378 e. The Balaban J connectivity index is 2.17. The first-order chi connectivity index (χ1) is 9.02. The van der Waals surface area contributed by atoms with Crippen LogP contribution in [0.25, 0.3) is 0 Å². The average molecular weight is 335 g/mol. The lowest BCUT2D eigenvalue weighted by Crippen LogP contribution is -2.43. The molecule has 1 aliphatic heterocycles. The summed E-state index contributed by atoms with van der Waals surface area (Å²) in [7, 11) is 0. The van der Waals surface area contributed by atoms with E-state index in [1.807, 2.05) is 6.92 Å². The summed E-state index contributed by atoms with van der Waals surface area (Å²) in [6.45, 7) is 2.54. The van der Waals surface area contributed by atoms with Gasteiger partial charge in [0.25, 0.3) is 0 Å². The van der Waals surface area contributed by atoms with Gasteiger partial charge in [-0.3, -0.25) is 11.3 Å². The normalized spacial score (nSPS) is 24.7. The minimum atomic E-state index is -0.563. The fraction of sp³-hybridized carbons (Fsp3) is 0.538. The molecule has 0 radical (unpaired) electrons. The van der Waals surface area contributed by atoms with Crippen LogP contribution in [0.5, 0.6) is 0 Å². The number of hydrazine groups is 1. The SMILES string of the molecule is CC1CC(C(Cc2c(F)ccc(Br)c2F)NN)CO1. The molecule has 0 saturated carbocycles. The predicted molar refractivity (Wildman–Crippen MR) is 72.4 cm³/mol. The van der Waals surface area contributed by atoms with Crippen LogP contribution in [-0.4, -0.2) is 18.8 Å². The van der Waals surface area contributed by atoms with Crippen LogP contribution in [0.1, 0.15) is 18.9 Å². The second kappa shape index (κ2) is 6.26. The molecule has 19 heavy (non-hydrogen) atoms. The topological polar surface area (TPSA) is 47.3 Å².